The van der Waals surface area contributed by atoms with Gasteiger partial charge in [0.25, 0.3) is 0 Å². The number of benzene rings is 2. The monoisotopic (exact) mass is 430 g/mol. The zero-order valence-electron chi connectivity index (χ0n) is 17.7. The summed E-state index contributed by atoms with van der Waals surface area (Å²) >= 11 is 0. The first-order valence-corrected chi connectivity index (χ1v) is 10.8. The minimum atomic E-state index is -0.266. The molecule has 5 aromatic rings. The van der Waals surface area contributed by atoms with Crippen LogP contribution in [-0.4, -0.2) is 19.7 Å². The van der Waals surface area contributed by atoms with Gasteiger partial charge in [0.2, 0.25) is 0 Å². The van der Waals surface area contributed by atoms with Crippen LogP contribution >= 0.6 is 0 Å². The van der Waals surface area contributed by atoms with Crippen LogP contribution in [0, 0.1) is 5.82 Å². The van der Waals surface area contributed by atoms with E-state index in [-0.39, 0.29) is 5.82 Å². The van der Waals surface area contributed by atoms with E-state index in [0.29, 0.717) is 6.54 Å². The molecule has 0 saturated carbocycles. The molecular formula is C28H19FN4. The third-order valence-electron chi connectivity index (χ3n) is 5.81. The zero-order chi connectivity index (χ0) is 22.2. The van der Waals surface area contributed by atoms with Gasteiger partial charge in [-0.2, -0.15) is 5.10 Å². The van der Waals surface area contributed by atoms with E-state index in [9.17, 15) is 4.39 Å². The Balaban J connectivity index is 1.51. The SMILES string of the molecule is Fc1ccc(-c2nn(Cc3ccccc3)cc2C=C2c3cccnc3-c3ncccc32)cc1. The molecule has 0 aliphatic heterocycles. The van der Waals surface area contributed by atoms with Gasteiger partial charge in [-0.15, -0.1) is 0 Å². The third-order valence-corrected chi connectivity index (χ3v) is 5.81. The number of halogens is 1. The minimum Gasteiger partial charge on any atom is -0.267 e. The van der Waals surface area contributed by atoms with Crippen LogP contribution in [0.2, 0.25) is 0 Å². The molecule has 0 saturated heterocycles. The second-order valence-electron chi connectivity index (χ2n) is 7.98. The molecule has 0 spiro atoms. The Morgan fingerprint density at radius 3 is 2.06 bits per heavy atom. The molecule has 3 aromatic heterocycles. The van der Waals surface area contributed by atoms with Gasteiger partial charge in [0.1, 0.15) is 5.82 Å². The summed E-state index contributed by atoms with van der Waals surface area (Å²) in [7, 11) is 0. The molecule has 0 unspecified atom stereocenters. The van der Waals surface area contributed by atoms with Gasteiger partial charge in [-0.3, -0.25) is 14.6 Å². The molecule has 158 valence electrons. The maximum Gasteiger partial charge on any atom is 0.123 e. The Bertz CT molecular complexity index is 1440. The Morgan fingerprint density at radius 2 is 1.39 bits per heavy atom. The lowest BCUT2D eigenvalue weighted by Gasteiger charge is -2.03. The summed E-state index contributed by atoms with van der Waals surface area (Å²) in [6.07, 6.45) is 7.77. The maximum absolute atomic E-state index is 13.6. The molecule has 0 N–H and O–H groups in total. The van der Waals surface area contributed by atoms with Crippen molar-refractivity contribution < 1.29 is 4.39 Å². The maximum atomic E-state index is 13.6. The van der Waals surface area contributed by atoms with Gasteiger partial charge in [-0.1, -0.05) is 42.5 Å². The van der Waals surface area contributed by atoms with Crippen LogP contribution in [0.4, 0.5) is 4.39 Å². The molecule has 3 heterocycles. The number of pyridine rings is 2. The van der Waals surface area contributed by atoms with Crippen LogP contribution in [-0.2, 0) is 6.54 Å². The van der Waals surface area contributed by atoms with Gasteiger partial charge in [0.05, 0.1) is 23.6 Å². The Kier molecular flexibility index (Phi) is 4.65. The van der Waals surface area contributed by atoms with Crippen molar-refractivity contribution in [2.45, 2.75) is 6.54 Å². The van der Waals surface area contributed by atoms with Crippen LogP contribution in [0.3, 0.4) is 0 Å². The molecule has 0 bridgehead atoms. The third kappa shape index (κ3) is 3.53. The van der Waals surface area contributed by atoms with Crippen molar-refractivity contribution in [1.29, 1.82) is 0 Å². The summed E-state index contributed by atoms with van der Waals surface area (Å²) in [5, 5.41) is 4.88. The number of nitrogens with zero attached hydrogens (tertiary/aromatic N) is 4. The highest BCUT2D eigenvalue weighted by molar-refractivity contribution is 6.05. The molecule has 5 heteroatoms. The number of hydrogen-bond acceptors (Lipinski definition) is 3. The highest BCUT2D eigenvalue weighted by atomic mass is 19.1. The van der Waals surface area contributed by atoms with Gasteiger partial charge >= 0.3 is 0 Å². The van der Waals surface area contributed by atoms with E-state index in [2.05, 4.69) is 40.3 Å². The Labute approximate surface area is 190 Å². The number of hydrogen-bond donors (Lipinski definition) is 0. The predicted octanol–water partition coefficient (Wildman–Crippen LogP) is 6.10. The van der Waals surface area contributed by atoms with Gasteiger partial charge in [-0.25, -0.2) is 4.39 Å². The fourth-order valence-corrected chi connectivity index (χ4v) is 4.30. The quantitative estimate of drug-likeness (QED) is 0.340. The largest absolute Gasteiger partial charge is 0.267 e. The molecule has 0 atom stereocenters. The van der Waals surface area contributed by atoms with E-state index < -0.39 is 0 Å². The predicted molar refractivity (Wildman–Crippen MR) is 128 cm³/mol. The summed E-state index contributed by atoms with van der Waals surface area (Å²) in [6.45, 7) is 0.647. The average Bonchev–Trinajstić information content (AvgIpc) is 3.40. The lowest BCUT2D eigenvalue weighted by Crippen LogP contribution is -2.00. The van der Waals surface area contributed by atoms with Crippen molar-refractivity contribution in [3.63, 3.8) is 0 Å². The summed E-state index contributed by atoms with van der Waals surface area (Å²) in [4.78, 5) is 9.16. The second-order valence-corrected chi connectivity index (χ2v) is 7.98. The lowest BCUT2D eigenvalue weighted by atomic mass is 10.0. The van der Waals surface area contributed by atoms with Crippen LogP contribution < -0.4 is 0 Å². The van der Waals surface area contributed by atoms with Crippen molar-refractivity contribution >= 4 is 11.6 Å². The van der Waals surface area contributed by atoms with E-state index in [1.54, 1.807) is 24.5 Å². The number of aromatic nitrogens is 4. The molecule has 0 fully saturated rings. The fraction of sp³-hybridized carbons (Fsp3) is 0.0357. The molecule has 0 radical (unpaired) electrons. The Morgan fingerprint density at radius 1 is 0.727 bits per heavy atom. The van der Waals surface area contributed by atoms with E-state index in [0.717, 1.165) is 50.5 Å². The first-order valence-electron chi connectivity index (χ1n) is 10.8. The number of rotatable bonds is 4. The van der Waals surface area contributed by atoms with E-state index >= 15 is 0 Å². The highest BCUT2D eigenvalue weighted by Gasteiger charge is 2.26. The van der Waals surface area contributed by atoms with Crippen molar-refractivity contribution in [3.05, 3.63) is 126 Å². The van der Waals surface area contributed by atoms with Crippen LogP contribution in [0.15, 0.2) is 97.5 Å². The first-order chi connectivity index (χ1) is 16.3. The van der Waals surface area contributed by atoms with Crippen LogP contribution in [0.25, 0.3) is 34.3 Å². The molecule has 1 aliphatic rings. The normalized spacial score (nSPS) is 11.8. The topological polar surface area (TPSA) is 43.6 Å². The summed E-state index contributed by atoms with van der Waals surface area (Å²) in [6, 6.07) is 24.7. The molecule has 1 aliphatic carbocycles. The van der Waals surface area contributed by atoms with Crippen molar-refractivity contribution in [3.8, 4) is 22.6 Å². The smallest absolute Gasteiger partial charge is 0.123 e. The second kappa shape index (κ2) is 7.95. The molecule has 4 nitrogen and oxygen atoms in total. The summed E-state index contributed by atoms with van der Waals surface area (Å²) in [5.41, 5.74) is 8.72. The first kappa shape index (κ1) is 19.3. The van der Waals surface area contributed by atoms with Crippen molar-refractivity contribution in [1.82, 2.24) is 19.7 Å². The molecule has 0 amide bonds. The molecular weight excluding hydrogens is 411 g/mol. The van der Waals surface area contributed by atoms with Gasteiger partial charge in [0.15, 0.2) is 0 Å². The molecule has 33 heavy (non-hydrogen) atoms. The van der Waals surface area contributed by atoms with Crippen molar-refractivity contribution in [2.24, 2.45) is 0 Å². The molecule has 6 rings (SSSR count). The van der Waals surface area contributed by atoms with E-state index in [1.807, 2.05) is 41.2 Å². The van der Waals surface area contributed by atoms with Crippen LogP contribution in [0.5, 0.6) is 0 Å². The van der Waals surface area contributed by atoms with Crippen LogP contribution in [0.1, 0.15) is 22.3 Å². The van der Waals surface area contributed by atoms with E-state index in [1.165, 1.54) is 12.1 Å². The van der Waals surface area contributed by atoms with Crippen molar-refractivity contribution in [2.75, 3.05) is 0 Å². The fourth-order valence-electron chi connectivity index (χ4n) is 4.30. The average molecular weight is 430 g/mol. The molecule has 2 aromatic carbocycles. The Hall–Kier alpha value is -4.38. The lowest BCUT2D eigenvalue weighted by molar-refractivity contribution is 0.628. The van der Waals surface area contributed by atoms with Gasteiger partial charge in [0, 0.05) is 40.8 Å². The summed E-state index contributed by atoms with van der Waals surface area (Å²) < 4.78 is 15.5. The van der Waals surface area contributed by atoms with Gasteiger partial charge < -0.3 is 0 Å². The summed E-state index contributed by atoms with van der Waals surface area (Å²) in [5.74, 6) is -0.266. The highest BCUT2D eigenvalue weighted by Crippen LogP contribution is 2.43. The standard InChI is InChI=1S/C28H19FN4/c29-22-12-10-20(11-13-22)26-21(18-33(32-26)17-19-6-2-1-3-7-19)16-25-23-8-4-14-30-27(23)28-24(25)9-5-15-31-28/h1-16,18H,17H2. The number of fused-ring (bicyclic) bond motifs is 3. The zero-order valence-corrected chi connectivity index (χ0v) is 17.7. The minimum absolute atomic E-state index is 0.266. The van der Waals surface area contributed by atoms with E-state index in [4.69, 9.17) is 5.10 Å². The van der Waals surface area contributed by atoms with Gasteiger partial charge in [-0.05, 0) is 53.6 Å².